The molecular weight excluding hydrogens is 1360 g/mol. The van der Waals surface area contributed by atoms with Gasteiger partial charge < -0.3 is 14.4 Å². The van der Waals surface area contributed by atoms with Gasteiger partial charge in [-0.25, -0.2) is 0 Å². The Bertz CT molecular complexity index is 6840. The number of anilines is 6. The molecular formula is C109H88BN3. The van der Waals surface area contributed by atoms with Gasteiger partial charge in [0.1, 0.15) is 0 Å². The van der Waals surface area contributed by atoms with Crippen LogP contribution < -0.4 is 26.2 Å². The number of para-hydroxylation sites is 3. The standard InChI is InChI=1S/C109H88BN3/c1-106(2,3)80-62-77(63-81(66-80)107(4,5)6)75-59-61-98-95(64-75)110-94-60-58-76(84-51-34-54-90-87-48-28-31-55-93(87)109(102(84)90,78-44-24-14-25-45-78)79-46-26-15-27-47-79)65-99(94)113(105-91(73-40-20-12-21-41-73)67-82(108(7,8)9)68-92(105)74-42-22-13-23-43-74)101-70-83(111-96-56-32-29-49-88(96)89-50-30-33-57-97(89)111)69-100(103(101)110)112(98)104-85(71-36-16-10-17-37-71)52-35-53-86(104)72-38-18-11-19-39-72/h10-70H,1-9H3/i29D,30D,32D,33D,49D,50D,56D,57D. The van der Waals surface area contributed by atoms with Gasteiger partial charge in [-0.05, 0) is 176 Å². The summed E-state index contributed by atoms with van der Waals surface area (Å²) < 4.78 is 80.4. The summed E-state index contributed by atoms with van der Waals surface area (Å²) >= 11 is 0. The van der Waals surface area contributed by atoms with Crippen molar-refractivity contribution < 1.29 is 11.0 Å². The second-order valence-corrected chi connectivity index (χ2v) is 33.7. The molecule has 4 heteroatoms. The monoisotopic (exact) mass is 1460 g/mol. The van der Waals surface area contributed by atoms with Crippen LogP contribution in [0.25, 0.3) is 105 Å². The van der Waals surface area contributed by atoms with Gasteiger partial charge in [-0.3, -0.25) is 0 Å². The molecule has 20 rings (SSSR count). The smallest absolute Gasteiger partial charge is 0.252 e. The Hall–Kier alpha value is -13.0. The van der Waals surface area contributed by atoms with E-state index >= 15 is 0 Å². The molecule has 0 fully saturated rings. The van der Waals surface area contributed by atoms with Crippen LogP contribution in [0, 0.1) is 0 Å². The van der Waals surface area contributed by atoms with E-state index < -0.39 is 60.5 Å². The van der Waals surface area contributed by atoms with E-state index in [4.69, 9.17) is 0 Å². The molecule has 17 aromatic rings. The summed E-state index contributed by atoms with van der Waals surface area (Å²) in [6.45, 7) is 20.0. The van der Waals surface area contributed by atoms with Crippen LogP contribution >= 0.6 is 0 Å². The lowest BCUT2D eigenvalue weighted by molar-refractivity contribution is 0.569. The summed E-state index contributed by atoms with van der Waals surface area (Å²) in [5, 5.41) is -0.0280. The summed E-state index contributed by atoms with van der Waals surface area (Å²) in [6.07, 6.45) is 0. The third kappa shape index (κ3) is 11.2. The maximum atomic E-state index is 10.3. The van der Waals surface area contributed by atoms with E-state index in [1.165, 1.54) is 16.7 Å². The molecule has 113 heavy (non-hydrogen) atoms. The van der Waals surface area contributed by atoms with Crippen LogP contribution in [-0.4, -0.2) is 11.3 Å². The first-order valence-electron chi connectivity index (χ1n) is 43.4. The molecule has 3 heterocycles. The fraction of sp³-hybridized carbons (Fsp3) is 0.119. The Labute approximate surface area is 676 Å². The number of benzene rings is 16. The molecule has 3 nitrogen and oxygen atoms in total. The van der Waals surface area contributed by atoms with Crippen molar-refractivity contribution in [3.63, 3.8) is 0 Å². The van der Waals surface area contributed by atoms with Gasteiger partial charge in [0, 0.05) is 55.8 Å². The first-order valence-corrected chi connectivity index (χ1v) is 39.4. The molecule has 0 atom stereocenters. The summed E-state index contributed by atoms with van der Waals surface area (Å²) in [7, 11) is 0. The van der Waals surface area contributed by atoms with Crippen molar-refractivity contribution in [3.05, 3.63) is 409 Å². The molecule has 1 aliphatic carbocycles. The lowest BCUT2D eigenvalue weighted by Crippen LogP contribution is -2.61. The van der Waals surface area contributed by atoms with Crippen LogP contribution in [0.2, 0.25) is 0 Å². The van der Waals surface area contributed by atoms with Gasteiger partial charge in [0.15, 0.2) is 0 Å². The van der Waals surface area contributed by atoms with E-state index in [9.17, 15) is 11.0 Å². The highest BCUT2D eigenvalue weighted by molar-refractivity contribution is 7.00. The van der Waals surface area contributed by atoms with Gasteiger partial charge in [0.25, 0.3) is 6.71 Å². The Balaban J connectivity index is 1.02. The fourth-order valence-electron chi connectivity index (χ4n) is 18.5. The zero-order chi connectivity index (χ0) is 83.6. The predicted octanol–water partition coefficient (Wildman–Crippen LogP) is 27.1. The van der Waals surface area contributed by atoms with Crippen molar-refractivity contribution in [2.75, 3.05) is 9.80 Å². The van der Waals surface area contributed by atoms with E-state index in [1.54, 1.807) is 4.57 Å². The Morgan fingerprint density at radius 3 is 1.22 bits per heavy atom. The van der Waals surface area contributed by atoms with Crippen LogP contribution in [0.3, 0.4) is 0 Å². The molecule has 0 amide bonds. The molecule has 542 valence electrons. The van der Waals surface area contributed by atoms with Crippen molar-refractivity contribution in [1.82, 2.24) is 4.57 Å². The van der Waals surface area contributed by atoms with Gasteiger partial charge in [-0.2, -0.15) is 0 Å². The molecule has 2 aliphatic heterocycles. The minimum atomic E-state index is -0.804. The Morgan fingerprint density at radius 1 is 0.292 bits per heavy atom. The third-order valence-corrected chi connectivity index (χ3v) is 23.9. The molecule has 0 bridgehead atoms. The van der Waals surface area contributed by atoms with Gasteiger partial charge in [0.2, 0.25) is 0 Å². The minimum Gasteiger partial charge on any atom is -0.310 e. The zero-order valence-corrected chi connectivity index (χ0v) is 65.0. The molecule has 0 spiro atoms. The maximum Gasteiger partial charge on any atom is 0.252 e. The number of nitrogens with zero attached hydrogens (tertiary/aromatic N) is 3. The van der Waals surface area contributed by atoms with Crippen LogP contribution in [0.5, 0.6) is 0 Å². The van der Waals surface area contributed by atoms with Crippen LogP contribution in [0.15, 0.2) is 370 Å². The van der Waals surface area contributed by atoms with E-state index in [2.05, 4.69) is 381 Å². The first-order chi connectivity index (χ1) is 58.3. The van der Waals surface area contributed by atoms with E-state index in [0.29, 0.717) is 5.69 Å². The molecule has 3 aliphatic rings. The number of hydrogen-bond donors (Lipinski definition) is 0. The van der Waals surface area contributed by atoms with Crippen LogP contribution in [-0.2, 0) is 21.7 Å². The summed E-state index contributed by atoms with van der Waals surface area (Å²) in [4.78, 5) is 4.95. The number of fused-ring (bicyclic) bond motifs is 10. The average Bonchev–Trinajstić information content (AvgIpc) is 1.68. The lowest BCUT2D eigenvalue weighted by atomic mass is 9.33. The van der Waals surface area contributed by atoms with Gasteiger partial charge in [0.05, 0.1) is 44.5 Å². The van der Waals surface area contributed by atoms with E-state index in [0.717, 1.165) is 151 Å². The van der Waals surface area contributed by atoms with E-state index in [1.807, 2.05) is 12.1 Å². The molecule has 0 radical (unpaired) electrons. The highest BCUT2D eigenvalue weighted by Gasteiger charge is 2.50. The van der Waals surface area contributed by atoms with Crippen molar-refractivity contribution in [1.29, 1.82) is 0 Å². The van der Waals surface area contributed by atoms with Gasteiger partial charge in [-0.1, -0.05) is 384 Å². The normalized spacial score (nSPS) is 14.4. The molecule has 1 aromatic heterocycles. The van der Waals surface area contributed by atoms with Crippen molar-refractivity contribution in [3.8, 4) is 83.6 Å². The van der Waals surface area contributed by atoms with Crippen molar-refractivity contribution in [2.24, 2.45) is 0 Å². The van der Waals surface area contributed by atoms with Gasteiger partial charge in [-0.15, -0.1) is 0 Å². The molecule has 0 saturated heterocycles. The number of rotatable bonds is 11. The quantitative estimate of drug-likeness (QED) is 0.120. The average molecular weight is 1460 g/mol. The van der Waals surface area contributed by atoms with Crippen LogP contribution in [0.4, 0.5) is 34.1 Å². The summed E-state index contributed by atoms with van der Waals surface area (Å²) in [6, 6.07) is 114. The predicted molar refractivity (Wildman–Crippen MR) is 481 cm³/mol. The number of hydrogen-bond acceptors (Lipinski definition) is 2. The van der Waals surface area contributed by atoms with Crippen LogP contribution in [0.1, 0.15) is 112 Å². The fourth-order valence-corrected chi connectivity index (χ4v) is 18.5. The third-order valence-electron chi connectivity index (χ3n) is 23.9. The first kappa shape index (κ1) is 60.8. The highest BCUT2D eigenvalue weighted by Crippen LogP contribution is 2.61. The second-order valence-electron chi connectivity index (χ2n) is 33.7. The summed E-state index contributed by atoms with van der Waals surface area (Å²) in [5.41, 5.74) is 29.1. The van der Waals surface area contributed by atoms with E-state index in [-0.39, 0.29) is 38.1 Å². The largest absolute Gasteiger partial charge is 0.310 e. The highest BCUT2D eigenvalue weighted by atomic mass is 15.2. The molecule has 0 unspecified atom stereocenters. The maximum absolute atomic E-state index is 10.3. The summed E-state index contributed by atoms with van der Waals surface area (Å²) in [5.74, 6) is 0. The molecule has 0 N–H and O–H groups in total. The van der Waals surface area contributed by atoms with Crippen molar-refractivity contribution in [2.45, 2.75) is 84.0 Å². The topological polar surface area (TPSA) is 11.4 Å². The minimum absolute atomic E-state index is 0.0136. The number of aromatic nitrogens is 1. The molecule has 0 saturated carbocycles. The Morgan fingerprint density at radius 2 is 0.708 bits per heavy atom. The van der Waals surface area contributed by atoms with Crippen molar-refractivity contribution >= 4 is 79.0 Å². The zero-order valence-electron chi connectivity index (χ0n) is 73.0. The molecule has 16 aromatic carbocycles. The Kier molecular flexibility index (Phi) is 14.3. The SMILES string of the molecule is [2H]c1c([2H])c([2H])c2c(c1[2H])c1c([2H])c([2H])c([2H])c([2H])c1n2-c1cc2c3c(c1)N(c1c(-c4ccccc4)cc(C(C)(C)C)cc1-c1ccccc1)c1cc(-c4cccc5c4C(c4ccccc4)(c4ccccc4)c4ccccc4-5)ccc1B3c1cc(-c3cc(C(C)(C)C)cc(C(C)(C)C)c3)ccc1N2c1c(-c2ccccc2)cccc1-c1ccccc1. The van der Waals surface area contributed by atoms with Gasteiger partial charge >= 0.3 is 0 Å². The second kappa shape index (κ2) is 26.6. The lowest BCUT2D eigenvalue weighted by Gasteiger charge is -2.46.